The summed E-state index contributed by atoms with van der Waals surface area (Å²) < 4.78 is 0. The second kappa shape index (κ2) is 13.4. The monoisotopic (exact) mass is 731 g/mol. The molecule has 7 aromatic rings. The van der Waals surface area contributed by atoms with Crippen LogP contribution in [0, 0.1) is 0 Å². The van der Waals surface area contributed by atoms with E-state index in [1.807, 2.05) is 146 Å². The summed E-state index contributed by atoms with van der Waals surface area (Å²) in [6.07, 6.45) is 8.15. The summed E-state index contributed by atoms with van der Waals surface area (Å²) in [6.45, 7) is 0. The maximum atomic E-state index is 6.13. The standard InChI is InChI=1S/C44H32N8.Co/c45-29-9-1-25(2-10-29)41-33-17-19-35(49-33)42(26-3-11-30(46)12-4-26)37-21-23-39(51-37)44(28-7-15-32(48)16-8-28)40-24-22-38(52-40)43(36-20-18-34(41)50-36)27-5-13-31(47)14-6-27;/h1-24H,45-48H2;/q-2;+2. The van der Waals surface area contributed by atoms with Crippen LogP contribution in [-0.4, -0.2) is 9.97 Å². The van der Waals surface area contributed by atoms with E-state index in [1.54, 1.807) is 0 Å². The predicted octanol–water partition coefficient (Wildman–Crippen LogP) is 8.91. The van der Waals surface area contributed by atoms with Gasteiger partial charge in [0.05, 0.1) is 22.8 Å². The zero-order chi connectivity index (χ0) is 35.3. The van der Waals surface area contributed by atoms with Crippen molar-refractivity contribution in [2.24, 2.45) is 0 Å². The van der Waals surface area contributed by atoms with E-state index < -0.39 is 0 Å². The van der Waals surface area contributed by atoms with Crippen LogP contribution in [0.5, 0.6) is 0 Å². The normalized spacial score (nSPS) is 11.8. The Hall–Kier alpha value is -6.81. The Morgan fingerprint density at radius 3 is 0.717 bits per heavy atom. The molecular formula is C44H32CoN8. The minimum Gasteiger partial charge on any atom is -0.657 e. The minimum absolute atomic E-state index is 0. The molecule has 0 fully saturated rings. The zero-order valence-electron chi connectivity index (χ0n) is 28.3. The van der Waals surface area contributed by atoms with Crippen molar-refractivity contribution in [3.63, 3.8) is 0 Å². The molecule has 0 unspecified atom stereocenters. The van der Waals surface area contributed by atoms with E-state index in [2.05, 4.69) is 0 Å². The van der Waals surface area contributed by atoms with Crippen LogP contribution in [0.3, 0.4) is 0 Å². The van der Waals surface area contributed by atoms with Crippen molar-refractivity contribution in [1.29, 1.82) is 0 Å². The number of nitrogens with zero attached hydrogens (tertiary/aromatic N) is 4. The van der Waals surface area contributed by atoms with E-state index in [4.69, 9.17) is 42.9 Å². The fourth-order valence-electron chi connectivity index (χ4n) is 6.87. The van der Waals surface area contributed by atoms with E-state index in [-0.39, 0.29) is 16.8 Å². The van der Waals surface area contributed by atoms with Gasteiger partial charge in [0.15, 0.2) is 0 Å². The summed E-state index contributed by atoms with van der Waals surface area (Å²) in [5.41, 5.74) is 40.7. The van der Waals surface area contributed by atoms with Gasteiger partial charge in [-0.1, -0.05) is 72.8 Å². The molecule has 5 heterocycles. The van der Waals surface area contributed by atoms with E-state index in [0.29, 0.717) is 22.7 Å². The summed E-state index contributed by atoms with van der Waals surface area (Å²) in [5.74, 6) is 0. The van der Waals surface area contributed by atoms with Crippen LogP contribution in [0.15, 0.2) is 121 Å². The molecule has 0 atom stereocenters. The van der Waals surface area contributed by atoms with Crippen LogP contribution in [0.2, 0.25) is 0 Å². The molecule has 0 spiro atoms. The van der Waals surface area contributed by atoms with Crippen molar-refractivity contribution >= 4 is 69.1 Å². The molecular weight excluding hydrogens is 699 g/mol. The molecule has 0 amide bonds. The first-order valence-electron chi connectivity index (χ1n) is 16.9. The third kappa shape index (κ3) is 6.14. The van der Waals surface area contributed by atoms with E-state index in [9.17, 15) is 0 Å². The molecule has 3 aromatic heterocycles. The van der Waals surface area contributed by atoms with Gasteiger partial charge in [0.25, 0.3) is 0 Å². The summed E-state index contributed by atoms with van der Waals surface area (Å²) in [6, 6.07) is 39.4. The van der Waals surface area contributed by atoms with Crippen molar-refractivity contribution in [2.45, 2.75) is 0 Å². The molecule has 0 saturated heterocycles. The Kier molecular flexibility index (Phi) is 8.42. The third-order valence-electron chi connectivity index (χ3n) is 9.41. The van der Waals surface area contributed by atoms with Crippen LogP contribution in [0.1, 0.15) is 22.8 Å². The number of nitrogen functional groups attached to an aromatic ring is 4. The molecule has 8 N–H and O–H groups in total. The number of rotatable bonds is 4. The molecule has 257 valence electrons. The second-order valence-corrected chi connectivity index (χ2v) is 12.9. The molecule has 8 bridgehead atoms. The molecule has 0 saturated carbocycles. The first-order chi connectivity index (χ1) is 25.4. The number of anilines is 4. The van der Waals surface area contributed by atoms with Gasteiger partial charge in [-0.2, -0.15) is 0 Å². The SMILES string of the molecule is Nc1ccc(-c2c3nc(c(-c4ccc(N)cc4)c4ccc([n-]4)c(-c4ccc(N)cc4)c4nc(c(-c5ccc(N)cc5)c5ccc2[n-]5)C=C4)C=C3)cc1.[Co+2]. The van der Waals surface area contributed by atoms with Crippen molar-refractivity contribution in [3.8, 4) is 44.5 Å². The smallest absolute Gasteiger partial charge is 0.657 e. The minimum atomic E-state index is 0. The molecule has 8 nitrogen and oxygen atoms in total. The van der Waals surface area contributed by atoms with Crippen molar-refractivity contribution in [1.82, 2.24) is 19.9 Å². The average molecular weight is 732 g/mol. The first-order valence-corrected chi connectivity index (χ1v) is 16.9. The number of fused-ring (bicyclic) bond motifs is 8. The van der Waals surface area contributed by atoms with Crippen LogP contribution in [0.25, 0.3) is 90.9 Å². The fraction of sp³-hybridized carbons (Fsp3) is 0. The molecule has 2 aliphatic heterocycles. The van der Waals surface area contributed by atoms with Gasteiger partial charge in [-0.05, 0) is 117 Å². The van der Waals surface area contributed by atoms with Gasteiger partial charge in [0.2, 0.25) is 0 Å². The van der Waals surface area contributed by atoms with Crippen LogP contribution < -0.4 is 32.9 Å². The Labute approximate surface area is 316 Å². The maximum absolute atomic E-state index is 6.13. The number of hydrogen-bond donors (Lipinski definition) is 4. The summed E-state index contributed by atoms with van der Waals surface area (Å²) >= 11 is 0. The van der Waals surface area contributed by atoms with E-state index >= 15 is 0 Å². The van der Waals surface area contributed by atoms with Gasteiger partial charge in [-0.3, -0.25) is 0 Å². The fourth-order valence-corrected chi connectivity index (χ4v) is 6.87. The topological polar surface area (TPSA) is 158 Å². The molecule has 9 rings (SSSR count). The summed E-state index contributed by atoms with van der Waals surface area (Å²) in [5, 5.41) is 0. The molecule has 53 heavy (non-hydrogen) atoms. The van der Waals surface area contributed by atoms with Crippen LogP contribution in [-0.2, 0) is 16.8 Å². The number of hydrogen-bond acceptors (Lipinski definition) is 6. The Morgan fingerprint density at radius 1 is 0.302 bits per heavy atom. The van der Waals surface area contributed by atoms with E-state index in [1.165, 1.54) is 0 Å². The number of aromatic nitrogens is 4. The largest absolute Gasteiger partial charge is 2.00 e. The van der Waals surface area contributed by atoms with Crippen LogP contribution >= 0.6 is 0 Å². The van der Waals surface area contributed by atoms with Crippen molar-refractivity contribution < 1.29 is 16.8 Å². The summed E-state index contributed by atoms with van der Waals surface area (Å²) in [4.78, 5) is 21.1. The number of nitrogens with two attached hydrogens (primary N) is 4. The molecule has 2 aliphatic rings. The van der Waals surface area contributed by atoms with Gasteiger partial charge in [-0.25, -0.2) is 9.97 Å². The Morgan fingerprint density at radius 2 is 0.509 bits per heavy atom. The quantitative estimate of drug-likeness (QED) is 0.131. The molecule has 9 heteroatoms. The molecule has 1 radical (unpaired) electrons. The first kappa shape index (κ1) is 33.3. The van der Waals surface area contributed by atoms with Crippen molar-refractivity contribution in [2.75, 3.05) is 22.9 Å². The van der Waals surface area contributed by atoms with Crippen molar-refractivity contribution in [3.05, 3.63) is 144 Å². The van der Waals surface area contributed by atoms with Crippen LogP contribution in [0.4, 0.5) is 22.7 Å². The zero-order valence-corrected chi connectivity index (χ0v) is 29.3. The predicted molar refractivity (Wildman–Crippen MR) is 216 cm³/mol. The second-order valence-electron chi connectivity index (χ2n) is 12.9. The van der Waals surface area contributed by atoms with Gasteiger partial charge >= 0.3 is 16.8 Å². The third-order valence-corrected chi connectivity index (χ3v) is 9.41. The Balaban J connectivity index is 0.00000400. The molecule has 4 aromatic carbocycles. The van der Waals surface area contributed by atoms with Gasteiger partial charge in [0, 0.05) is 22.7 Å². The Bertz CT molecular complexity index is 2370. The maximum Gasteiger partial charge on any atom is 2.00 e. The van der Waals surface area contributed by atoms with Gasteiger partial charge in [-0.15, -0.1) is 22.1 Å². The number of benzene rings is 4. The van der Waals surface area contributed by atoms with Gasteiger partial charge < -0.3 is 32.9 Å². The molecule has 0 aliphatic carbocycles. The van der Waals surface area contributed by atoms with E-state index in [0.717, 1.165) is 89.4 Å². The summed E-state index contributed by atoms with van der Waals surface area (Å²) in [7, 11) is 0. The van der Waals surface area contributed by atoms with Gasteiger partial charge in [0.1, 0.15) is 0 Å². The average Bonchev–Trinajstić information content (AvgIpc) is 3.99.